The summed E-state index contributed by atoms with van der Waals surface area (Å²) in [5, 5.41) is 0. The maximum Gasteiger partial charge on any atom is 0.238 e. The molecule has 24 heavy (non-hydrogen) atoms. The number of carbonyl (C=O) groups excluding carboxylic acids is 3. The molecule has 0 spiro atoms. The Morgan fingerprint density at radius 1 is 0.750 bits per heavy atom. The Kier molecular flexibility index (Phi) is 2.64. The second kappa shape index (κ2) is 4.63. The quantitative estimate of drug-likeness (QED) is 0.760. The smallest absolute Gasteiger partial charge is 0.238 e. The van der Waals surface area contributed by atoms with Crippen molar-refractivity contribution in [1.82, 2.24) is 0 Å². The van der Waals surface area contributed by atoms with E-state index >= 15 is 0 Å². The van der Waals surface area contributed by atoms with Gasteiger partial charge < -0.3 is 0 Å². The maximum absolute atomic E-state index is 13.1. The molecule has 1 aliphatic heterocycles. The molecular weight excluding hydrogens is 302 g/mol. The second-order valence-electron chi connectivity index (χ2n) is 6.78. The minimum Gasteiger partial charge on any atom is -0.299 e. The van der Waals surface area contributed by atoms with Crippen molar-refractivity contribution in [2.24, 2.45) is 11.8 Å². The third kappa shape index (κ3) is 1.55. The third-order valence-electron chi connectivity index (χ3n) is 5.70. The summed E-state index contributed by atoms with van der Waals surface area (Å²) in [6.07, 6.45) is 0.366. The Balaban J connectivity index is 1.68. The molecule has 0 unspecified atom stereocenters. The molecule has 4 aliphatic rings. The van der Waals surface area contributed by atoms with Gasteiger partial charge in [-0.15, -0.1) is 0 Å². The number of amides is 2. The van der Waals surface area contributed by atoms with Crippen LogP contribution in [0.25, 0.3) is 0 Å². The van der Waals surface area contributed by atoms with E-state index in [2.05, 4.69) is 0 Å². The summed E-state index contributed by atoms with van der Waals surface area (Å²) in [4.78, 5) is 40.0. The summed E-state index contributed by atoms with van der Waals surface area (Å²) in [7, 11) is 0. The number of hydrogen-bond donors (Lipinski definition) is 0. The summed E-state index contributed by atoms with van der Waals surface area (Å²) < 4.78 is 0. The van der Waals surface area contributed by atoms with Crippen molar-refractivity contribution in [3.63, 3.8) is 0 Å². The zero-order valence-electron chi connectivity index (χ0n) is 12.9. The highest BCUT2D eigenvalue weighted by molar-refractivity contribution is 6.24. The molecule has 0 radical (unpaired) electrons. The van der Waals surface area contributed by atoms with Crippen molar-refractivity contribution in [2.45, 2.75) is 18.3 Å². The Labute approximate surface area is 139 Å². The molecule has 1 saturated carbocycles. The van der Waals surface area contributed by atoms with Gasteiger partial charge in [-0.1, -0.05) is 42.5 Å². The predicted molar refractivity (Wildman–Crippen MR) is 87.5 cm³/mol. The highest BCUT2D eigenvalue weighted by Gasteiger charge is 2.62. The number of nitrogens with zero attached hydrogens (tertiary/aromatic N) is 1. The molecule has 1 heterocycles. The van der Waals surface area contributed by atoms with Crippen LogP contribution in [-0.2, 0) is 14.4 Å². The van der Waals surface area contributed by atoms with Crippen LogP contribution in [0, 0.1) is 11.8 Å². The van der Waals surface area contributed by atoms with Crippen LogP contribution in [0.4, 0.5) is 5.69 Å². The summed E-state index contributed by atoms with van der Waals surface area (Å²) in [6, 6.07) is 16.8. The van der Waals surface area contributed by atoms with Gasteiger partial charge in [-0.2, -0.15) is 0 Å². The van der Waals surface area contributed by atoms with Gasteiger partial charge in [0.1, 0.15) is 5.78 Å². The van der Waals surface area contributed by atoms with E-state index in [1.807, 2.05) is 42.5 Å². The molecule has 4 heteroatoms. The average Bonchev–Trinajstić information content (AvgIpc) is 2.88. The monoisotopic (exact) mass is 317 g/mol. The second-order valence-corrected chi connectivity index (χ2v) is 6.78. The summed E-state index contributed by atoms with van der Waals surface area (Å²) in [6.45, 7) is 0. The Bertz CT molecular complexity index is 889. The lowest BCUT2D eigenvalue weighted by molar-refractivity contribution is -0.134. The highest BCUT2D eigenvalue weighted by atomic mass is 16.2. The summed E-state index contributed by atoms with van der Waals surface area (Å²) in [5.74, 6) is -1.89. The van der Waals surface area contributed by atoms with E-state index < -0.39 is 17.8 Å². The topological polar surface area (TPSA) is 54.5 Å². The number of para-hydroxylation sites is 1. The zero-order chi connectivity index (χ0) is 16.4. The zero-order valence-corrected chi connectivity index (χ0v) is 12.9. The summed E-state index contributed by atoms with van der Waals surface area (Å²) >= 11 is 0. The van der Waals surface area contributed by atoms with Gasteiger partial charge in [0.05, 0.1) is 23.4 Å². The molecule has 2 aromatic rings. The van der Waals surface area contributed by atoms with Crippen LogP contribution < -0.4 is 4.90 Å². The van der Waals surface area contributed by atoms with E-state index in [0.717, 1.165) is 11.1 Å². The van der Waals surface area contributed by atoms with E-state index in [9.17, 15) is 14.4 Å². The largest absolute Gasteiger partial charge is 0.299 e. The number of rotatable bonds is 1. The molecule has 3 aliphatic carbocycles. The molecule has 2 fully saturated rings. The third-order valence-corrected chi connectivity index (χ3v) is 5.70. The van der Waals surface area contributed by atoms with Crippen LogP contribution in [0.2, 0.25) is 0 Å². The number of imide groups is 1. The first-order chi connectivity index (χ1) is 11.7. The molecular formula is C20H15NO3. The van der Waals surface area contributed by atoms with Crippen molar-refractivity contribution in [1.29, 1.82) is 0 Å². The van der Waals surface area contributed by atoms with Crippen molar-refractivity contribution < 1.29 is 14.4 Å². The SMILES string of the molecule is O=C1C[C@@H]2c3ccccc3[C@@H]1[C@@H]1C(=O)N(c3ccccc3)C(=O)[C@@H]12. The first kappa shape index (κ1) is 13.7. The van der Waals surface area contributed by atoms with Crippen molar-refractivity contribution in [2.75, 3.05) is 4.90 Å². The van der Waals surface area contributed by atoms with Crippen molar-refractivity contribution >= 4 is 23.3 Å². The van der Waals surface area contributed by atoms with Crippen molar-refractivity contribution in [3.05, 3.63) is 65.7 Å². The van der Waals surface area contributed by atoms with Crippen LogP contribution in [0.1, 0.15) is 29.4 Å². The van der Waals surface area contributed by atoms with Crippen LogP contribution in [0.5, 0.6) is 0 Å². The number of fused-ring (bicyclic) bond motifs is 1. The fraction of sp³-hybridized carbons (Fsp3) is 0.250. The molecule has 0 N–H and O–H groups in total. The molecule has 1 saturated heterocycles. The Morgan fingerprint density at radius 2 is 1.38 bits per heavy atom. The number of carbonyl (C=O) groups is 3. The fourth-order valence-corrected chi connectivity index (χ4v) is 4.79. The maximum atomic E-state index is 13.1. The summed E-state index contributed by atoms with van der Waals surface area (Å²) in [5.41, 5.74) is 2.60. The number of hydrogen-bond acceptors (Lipinski definition) is 3. The molecule has 4 atom stereocenters. The van der Waals surface area contributed by atoms with Crippen LogP contribution in [-0.4, -0.2) is 17.6 Å². The molecule has 4 nitrogen and oxygen atoms in total. The van der Waals surface area contributed by atoms with Gasteiger partial charge >= 0.3 is 0 Å². The molecule has 2 amide bonds. The van der Waals surface area contributed by atoms with E-state index in [-0.39, 0.29) is 23.5 Å². The molecule has 2 aromatic carbocycles. The normalized spacial score (nSPS) is 30.5. The molecule has 118 valence electrons. The molecule has 0 aromatic heterocycles. The average molecular weight is 317 g/mol. The number of benzene rings is 2. The van der Waals surface area contributed by atoms with Gasteiger partial charge in [-0.05, 0) is 23.3 Å². The minimum atomic E-state index is -0.543. The molecule has 6 rings (SSSR count). The lowest BCUT2D eigenvalue weighted by Gasteiger charge is -2.43. The van der Waals surface area contributed by atoms with Crippen LogP contribution in [0.15, 0.2) is 54.6 Å². The minimum absolute atomic E-state index is 0.0935. The van der Waals surface area contributed by atoms with E-state index in [0.29, 0.717) is 12.1 Å². The predicted octanol–water partition coefficient (Wildman–Crippen LogP) is 2.65. The molecule has 2 bridgehead atoms. The lowest BCUT2D eigenvalue weighted by atomic mass is 9.56. The van der Waals surface area contributed by atoms with Gasteiger partial charge in [0.15, 0.2) is 0 Å². The van der Waals surface area contributed by atoms with Gasteiger partial charge in [0.25, 0.3) is 0 Å². The fourth-order valence-electron chi connectivity index (χ4n) is 4.79. The number of anilines is 1. The Morgan fingerprint density at radius 3 is 2.12 bits per heavy atom. The van der Waals surface area contributed by atoms with Crippen LogP contribution in [0.3, 0.4) is 0 Å². The standard InChI is InChI=1S/C20H15NO3/c22-15-10-14-12-8-4-5-9-13(12)16(15)18-17(14)19(23)21(20(18)24)11-6-2-1-3-7-11/h1-9,14,16-18H,10H2/t14-,16+,17-,18+/m1/s1. The van der Waals surface area contributed by atoms with Gasteiger partial charge in [0.2, 0.25) is 11.8 Å². The number of Topliss-reactive ketones (excluding diaryl/α,β-unsaturated/α-hetero) is 1. The van der Waals surface area contributed by atoms with Crippen molar-refractivity contribution in [3.8, 4) is 0 Å². The number of ketones is 1. The highest BCUT2D eigenvalue weighted by Crippen LogP contribution is 2.57. The van der Waals surface area contributed by atoms with E-state index in [1.54, 1.807) is 12.1 Å². The van der Waals surface area contributed by atoms with Gasteiger partial charge in [-0.3, -0.25) is 19.3 Å². The first-order valence-electron chi connectivity index (χ1n) is 8.23. The van der Waals surface area contributed by atoms with Gasteiger partial charge in [-0.25, -0.2) is 0 Å². The van der Waals surface area contributed by atoms with E-state index in [1.165, 1.54) is 4.90 Å². The van der Waals surface area contributed by atoms with E-state index in [4.69, 9.17) is 0 Å². The Hall–Kier alpha value is -2.75. The van der Waals surface area contributed by atoms with Gasteiger partial charge in [0, 0.05) is 12.3 Å². The van der Waals surface area contributed by atoms with Crippen LogP contribution >= 0.6 is 0 Å². The first-order valence-corrected chi connectivity index (χ1v) is 8.23. The lowest BCUT2D eigenvalue weighted by Crippen LogP contribution is -2.44.